The monoisotopic (exact) mass is 426 g/mol. The van der Waals surface area contributed by atoms with Gasteiger partial charge in [-0.3, -0.25) is 4.79 Å². The third-order valence-corrected chi connectivity index (χ3v) is 6.93. The second-order valence-corrected chi connectivity index (χ2v) is 9.43. The van der Waals surface area contributed by atoms with Gasteiger partial charge in [0.2, 0.25) is 20.0 Å². The molecule has 0 radical (unpaired) electrons. The quantitative estimate of drug-likeness (QED) is 0.640. The Labute approximate surface area is 165 Å². The van der Waals surface area contributed by atoms with Crippen molar-refractivity contribution in [1.29, 1.82) is 0 Å². The number of benzene rings is 2. The predicted molar refractivity (Wildman–Crippen MR) is 103 cm³/mol. The van der Waals surface area contributed by atoms with Crippen LogP contribution >= 0.6 is 0 Å². The molecule has 0 aromatic heterocycles. The van der Waals surface area contributed by atoms with Gasteiger partial charge >= 0.3 is 5.97 Å². The van der Waals surface area contributed by atoms with Crippen LogP contribution in [0.4, 0.5) is 0 Å². The van der Waals surface area contributed by atoms with E-state index in [1.807, 2.05) is 0 Å². The van der Waals surface area contributed by atoms with Crippen molar-refractivity contribution >= 4 is 26.0 Å². The molecule has 0 saturated heterocycles. The Morgan fingerprint density at radius 3 is 2.18 bits per heavy atom. The third-order valence-electron chi connectivity index (χ3n) is 4.17. The van der Waals surface area contributed by atoms with Gasteiger partial charge in [0.05, 0.1) is 22.9 Å². The Morgan fingerprint density at radius 1 is 1.04 bits per heavy atom. The highest BCUT2D eigenvalue weighted by Gasteiger charge is 2.34. The predicted octanol–water partition coefficient (Wildman–Crippen LogP) is 1.65. The Bertz CT molecular complexity index is 1040. The number of rotatable bonds is 8. The van der Waals surface area contributed by atoms with Crippen LogP contribution in [0, 0.1) is 0 Å². The number of sulfonamides is 2. The second-order valence-electron chi connectivity index (χ2n) is 5.98. The summed E-state index contributed by atoms with van der Waals surface area (Å²) in [4.78, 5) is 11.3. The lowest BCUT2D eigenvalue weighted by Gasteiger charge is -2.29. The lowest BCUT2D eigenvalue weighted by molar-refractivity contribution is -0.141. The van der Waals surface area contributed by atoms with E-state index < -0.39 is 38.6 Å². The molecule has 0 unspecified atom stereocenters. The molecule has 28 heavy (non-hydrogen) atoms. The van der Waals surface area contributed by atoms with E-state index in [2.05, 4.69) is 4.74 Å². The van der Waals surface area contributed by atoms with E-state index in [0.717, 1.165) is 17.5 Å². The van der Waals surface area contributed by atoms with Crippen LogP contribution in [0.5, 0.6) is 0 Å². The molecule has 0 fully saturated rings. The summed E-state index contributed by atoms with van der Waals surface area (Å²) in [6, 6.07) is 12.9. The highest BCUT2D eigenvalue weighted by molar-refractivity contribution is 7.90. The van der Waals surface area contributed by atoms with Crippen LogP contribution in [0.1, 0.15) is 24.9 Å². The zero-order chi connectivity index (χ0) is 20.9. The van der Waals surface area contributed by atoms with Gasteiger partial charge in [0, 0.05) is 0 Å². The molecule has 0 saturated carbocycles. The fourth-order valence-corrected chi connectivity index (χ4v) is 5.09. The second kappa shape index (κ2) is 8.82. The highest BCUT2D eigenvalue weighted by atomic mass is 32.2. The molecule has 2 aromatic rings. The number of carbonyl (C=O) groups is 1. The van der Waals surface area contributed by atoms with Crippen LogP contribution in [-0.4, -0.2) is 40.8 Å². The number of nitrogens with zero attached hydrogens (tertiary/aromatic N) is 1. The molecule has 8 nitrogen and oxygen atoms in total. The standard InChI is InChI=1S/C18H22N2O6S2/c1-3-17(14-8-5-4-6-9-14)20(13-18(21)26-2)28(24,25)16-11-7-10-15(12-16)27(19,22)23/h4-12,17H,3,13H2,1-2H3,(H2,19,22,23)/t17-/m0/s1. The summed E-state index contributed by atoms with van der Waals surface area (Å²) in [6.45, 7) is 1.27. The molecule has 0 aliphatic rings. The van der Waals surface area contributed by atoms with Gasteiger partial charge in [0.1, 0.15) is 6.54 Å². The van der Waals surface area contributed by atoms with Crippen molar-refractivity contribution in [2.75, 3.05) is 13.7 Å². The number of nitrogens with two attached hydrogens (primary N) is 1. The van der Waals surface area contributed by atoms with Crippen molar-refractivity contribution < 1.29 is 26.4 Å². The average Bonchev–Trinajstić information content (AvgIpc) is 2.67. The van der Waals surface area contributed by atoms with Gasteiger partial charge in [-0.15, -0.1) is 0 Å². The number of hydrogen-bond donors (Lipinski definition) is 1. The van der Waals surface area contributed by atoms with Crippen LogP contribution in [0.2, 0.25) is 0 Å². The number of primary sulfonamides is 1. The van der Waals surface area contributed by atoms with E-state index in [1.54, 1.807) is 37.3 Å². The first-order valence-electron chi connectivity index (χ1n) is 8.37. The Balaban J connectivity index is 2.60. The zero-order valence-electron chi connectivity index (χ0n) is 15.5. The summed E-state index contributed by atoms with van der Waals surface area (Å²) in [7, 11) is -7.16. The summed E-state index contributed by atoms with van der Waals surface area (Å²) in [5.41, 5.74) is 0.695. The van der Waals surface area contributed by atoms with Gasteiger partial charge < -0.3 is 4.74 Å². The number of carbonyl (C=O) groups excluding carboxylic acids is 1. The molecule has 0 aliphatic carbocycles. The van der Waals surface area contributed by atoms with E-state index in [1.165, 1.54) is 18.2 Å². The van der Waals surface area contributed by atoms with Crippen LogP contribution in [0.3, 0.4) is 0 Å². The third kappa shape index (κ3) is 4.96. The average molecular weight is 427 g/mol. The van der Waals surface area contributed by atoms with Crippen LogP contribution in [0.25, 0.3) is 0 Å². The largest absolute Gasteiger partial charge is 0.468 e. The molecule has 0 heterocycles. The van der Waals surface area contributed by atoms with Gasteiger partial charge in [-0.25, -0.2) is 22.0 Å². The molecule has 0 bridgehead atoms. The molecule has 1 atom stereocenters. The number of hydrogen-bond acceptors (Lipinski definition) is 6. The fraction of sp³-hybridized carbons (Fsp3) is 0.278. The first kappa shape index (κ1) is 22.0. The van der Waals surface area contributed by atoms with Crippen molar-refractivity contribution in [3.8, 4) is 0 Å². The minimum absolute atomic E-state index is 0.280. The maximum atomic E-state index is 13.3. The van der Waals surface area contributed by atoms with E-state index >= 15 is 0 Å². The molecular formula is C18H22N2O6S2. The molecule has 2 rings (SSSR count). The van der Waals surface area contributed by atoms with Crippen molar-refractivity contribution in [3.63, 3.8) is 0 Å². The maximum absolute atomic E-state index is 13.3. The topological polar surface area (TPSA) is 124 Å². The smallest absolute Gasteiger partial charge is 0.321 e. The Kier molecular flexibility index (Phi) is 6.94. The number of esters is 1. The lowest BCUT2D eigenvalue weighted by atomic mass is 10.0. The molecule has 2 aromatic carbocycles. The summed E-state index contributed by atoms with van der Waals surface area (Å²) >= 11 is 0. The summed E-state index contributed by atoms with van der Waals surface area (Å²) in [6.07, 6.45) is 0.384. The molecule has 152 valence electrons. The van der Waals surface area contributed by atoms with Gasteiger partial charge in [-0.1, -0.05) is 43.3 Å². The zero-order valence-corrected chi connectivity index (χ0v) is 17.1. The Morgan fingerprint density at radius 2 is 1.64 bits per heavy atom. The maximum Gasteiger partial charge on any atom is 0.321 e. The van der Waals surface area contributed by atoms with E-state index in [0.29, 0.717) is 12.0 Å². The summed E-state index contributed by atoms with van der Waals surface area (Å²) < 4.78 is 55.5. The molecule has 0 aliphatic heterocycles. The first-order chi connectivity index (χ1) is 13.1. The molecular weight excluding hydrogens is 404 g/mol. The van der Waals surface area contributed by atoms with Gasteiger partial charge in [0.15, 0.2) is 0 Å². The lowest BCUT2D eigenvalue weighted by Crippen LogP contribution is -2.39. The van der Waals surface area contributed by atoms with Gasteiger partial charge in [0.25, 0.3) is 0 Å². The van der Waals surface area contributed by atoms with Crippen molar-refractivity contribution in [1.82, 2.24) is 4.31 Å². The van der Waals surface area contributed by atoms with Gasteiger partial charge in [-0.2, -0.15) is 4.31 Å². The first-order valence-corrected chi connectivity index (χ1v) is 11.4. The minimum Gasteiger partial charge on any atom is -0.468 e. The summed E-state index contributed by atoms with van der Waals surface area (Å²) in [5, 5.41) is 5.11. The van der Waals surface area contributed by atoms with E-state index in [4.69, 9.17) is 5.14 Å². The minimum atomic E-state index is -4.24. The van der Waals surface area contributed by atoms with Crippen molar-refractivity contribution in [2.45, 2.75) is 29.2 Å². The molecule has 10 heteroatoms. The fourth-order valence-electron chi connectivity index (χ4n) is 2.78. The van der Waals surface area contributed by atoms with Crippen molar-refractivity contribution in [3.05, 3.63) is 60.2 Å². The van der Waals surface area contributed by atoms with Crippen LogP contribution in [-0.2, 0) is 29.6 Å². The van der Waals surface area contributed by atoms with E-state index in [-0.39, 0.29) is 9.79 Å². The normalized spacial score (nSPS) is 13.3. The molecule has 2 N–H and O–H groups in total. The highest BCUT2D eigenvalue weighted by Crippen LogP contribution is 2.30. The summed E-state index contributed by atoms with van der Waals surface area (Å²) in [5.74, 6) is -0.736. The molecule has 0 amide bonds. The van der Waals surface area contributed by atoms with Crippen LogP contribution in [0.15, 0.2) is 64.4 Å². The van der Waals surface area contributed by atoms with Crippen LogP contribution < -0.4 is 5.14 Å². The Hall–Kier alpha value is -2.27. The SMILES string of the molecule is CC[C@@H](c1ccccc1)N(CC(=O)OC)S(=O)(=O)c1cccc(S(N)(=O)=O)c1. The van der Waals surface area contributed by atoms with E-state index in [9.17, 15) is 21.6 Å². The number of methoxy groups -OCH3 is 1. The van der Waals surface area contributed by atoms with Crippen molar-refractivity contribution in [2.24, 2.45) is 5.14 Å². The van der Waals surface area contributed by atoms with Gasteiger partial charge in [-0.05, 0) is 30.2 Å². The number of ether oxygens (including phenoxy) is 1. The molecule has 0 spiro atoms.